The molecule has 2 rings (SSSR count). The first-order valence-electron chi connectivity index (χ1n) is 7.96. The lowest BCUT2D eigenvalue weighted by atomic mass is 10.1. The van der Waals surface area contributed by atoms with Gasteiger partial charge in [-0.15, -0.1) is 24.0 Å². The summed E-state index contributed by atoms with van der Waals surface area (Å²) in [5.74, 6) is 0.827. The van der Waals surface area contributed by atoms with Crippen LogP contribution in [-0.2, 0) is 17.8 Å². The van der Waals surface area contributed by atoms with E-state index < -0.39 is 0 Å². The summed E-state index contributed by atoms with van der Waals surface area (Å²) in [6.07, 6.45) is 2.62. The fourth-order valence-corrected chi connectivity index (χ4v) is 2.63. The summed E-state index contributed by atoms with van der Waals surface area (Å²) in [5.41, 5.74) is 2.59. The second kappa shape index (κ2) is 10.8. The fraction of sp³-hybridized carbons (Fsp3) is 0.588. The largest absolute Gasteiger partial charge is 0.376 e. The van der Waals surface area contributed by atoms with Crippen molar-refractivity contribution in [1.82, 2.24) is 15.5 Å². The highest BCUT2D eigenvalue weighted by Crippen LogP contribution is 2.10. The van der Waals surface area contributed by atoms with Gasteiger partial charge in [-0.05, 0) is 38.1 Å². The third kappa shape index (κ3) is 7.50. The maximum atomic E-state index is 5.61. The quantitative estimate of drug-likeness (QED) is 0.411. The Morgan fingerprint density at radius 1 is 1.30 bits per heavy atom. The predicted molar refractivity (Wildman–Crippen MR) is 106 cm³/mol. The molecule has 5 nitrogen and oxygen atoms in total. The molecule has 23 heavy (non-hydrogen) atoms. The van der Waals surface area contributed by atoms with Crippen LogP contribution in [0.2, 0.25) is 0 Å². The Morgan fingerprint density at radius 2 is 2.09 bits per heavy atom. The number of guanidine groups is 1. The van der Waals surface area contributed by atoms with E-state index in [-0.39, 0.29) is 24.0 Å². The number of nitrogens with one attached hydrogen (secondary N) is 2. The van der Waals surface area contributed by atoms with Crippen LogP contribution in [0.4, 0.5) is 0 Å². The molecule has 1 atom stereocenters. The highest BCUT2D eigenvalue weighted by Gasteiger charge is 2.15. The first-order valence-corrected chi connectivity index (χ1v) is 7.96. The van der Waals surface area contributed by atoms with Gasteiger partial charge in [0.25, 0.3) is 0 Å². The maximum absolute atomic E-state index is 5.61. The smallest absolute Gasteiger partial charge is 0.191 e. The van der Waals surface area contributed by atoms with Crippen molar-refractivity contribution in [2.24, 2.45) is 4.99 Å². The van der Waals surface area contributed by atoms with Crippen molar-refractivity contribution in [1.29, 1.82) is 0 Å². The number of halogens is 1. The normalized spacial score (nSPS) is 17.9. The lowest BCUT2D eigenvalue weighted by Crippen LogP contribution is -2.40. The van der Waals surface area contributed by atoms with Crippen molar-refractivity contribution in [3.8, 4) is 0 Å². The summed E-state index contributed by atoms with van der Waals surface area (Å²) in [5, 5.41) is 6.69. The van der Waals surface area contributed by atoms with Crippen molar-refractivity contribution in [3.05, 3.63) is 35.4 Å². The monoisotopic (exact) mass is 432 g/mol. The Labute approximate surface area is 156 Å². The third-order valence-corrected chi connectivity index (χ3v) is 3.69. The second-order valence-electron chi connectivity index (χ2n) is 6.00. The molecule has 1 fully saturated rings. The van der Waals surface area contributed by atoms with Crippen molar-refractivity contribution in [2.75, 3.05) is 34.3 Å². The van der Waals surface area contributed by atoms with Crippen molar-refractivity contribution < 1.29 is 4.74 Å². The highest BCUT2D eigenvalue weighted by atomic mass is 127. The third-order valence-electron chi connectivity index (χ3n) is 3.69. The van der Waals surface area contributed by atoms with Gasteiger partial charge in [-0.3, -0.25) is 4.99 Å². The number of ether oxygens (including phenoxy) is 1. The molecular formula is C17H29IN4O. The van der Waals surface area contributed by atoms with Crippen LogP contribution in [-0.4, -0.2) is 51.3 Å². The molecule has 1 saturated heterocycles. The minimum absolute atomic E-state index is 0. The predicted octanol–water partition coefficient (Wildman–Crippen LogP) is 2.21. The Morgan fingerprint density at radius 3 is 2.74 bits per heavy atom. The van der Waals surface area contributed by atoms with Gasteiger partial charge < -0.3 is 20.3 Å². The summed E-state index contributed by atoms with van der Waals surface area (Å²) in [6, 6.07) is 8.65. The average Bonchev–Trinajstić information content (AvgIpc) is 3.00. The van der Waals surface area contributed by atoms with Gasteiger partial charge in [-0.25, -0.2) is 0 Å². The van der Waals surface area contributed by atoms with E-state index >= 15 is 0 Å². The van der Waals surface area contributed by atoms with Gasteiger partial charge in [0, 0.05) is 33.3 Å². The minimum atomic E-state index is 0. The van der Waals surface area contributed by atoms with Gasteiger partial charge >= 0.3 is 0 Å². The molecule has 1 aromatic carbocycles. The van der Waals surface area contributed by atoms with Crippen LogP contribution in [0.15, 0.2) is 29.3 Å². The molecule has 130 valence electrons. The molecule has 0 saturated carbocycles. The summed E-state index contributed by atoms with van der Waals surface area (Å²) in [4.78, 5) is 6.44. The van der Waals surface area contributed by atoms with Crippen LogP contribution in [0.25, 0.3) is 0 Å². The molecule has 2 N–H and O–H groups in total. The molecule has 1 heterocycles. The van der Waals surface area contributed by atoms with E-state index in [1.165, 1.54) is 11.1 Å². The van der Waals surface area contributed by atoms with E-state index in [4.69, 9.17) is 4.74 Å². The van der Waals surface area contributed by atoms with Gasteiger partial charge in [-0.2, -0.15) is 0 Å². The molecule has 1 aliphatic rings. The summed E-state index contributed by atoms with van der Waals surface area (Å²) in [7, 11) is 5.97. The lowest BCUT2D eigenvalue weighted by Gasteiger charge is -2.15. The van der Waals surface area contributed by atoms with E-state index in [1.807, 2.05) is 0 Å². The summed E-state index contributed by atoms with van der Waals surface area (Å²) in [6.45, 7) is 3.43. The van der Waals surface area contributed by atoms with Crippen LogP contribution < -0.4 is 10.6 Å². The van der Waals surface area contributed by atoms with E-state index in [0.29, 0.717) is 6.10 Å². The zero-order chi connectivity index (χ0) is 15.8. The molecule has 1 aliphatic heterocycles. The van der Waals surface area contributed by atoms with E-state index in [0.717, 1.165) is 45.0 Å². The second-order valence-corrected chi connectivity index (χ2v) is 6.00. The van der Waals surface area contributed by atoms with Crippen LogP contribution >= 0.6 is 24.0 Å². The molecule has 0 aromatic heterocycles. The first kappa shape index (κ1) is 20.2. The zero-order valence-electron chi connectivity index (χ0n) is 14.3. The van der Waals surface area contributed by atoms with Crippen molar-refractivity contribution in [3.63, 3.8) is 0 Å². The number of nitrogens with zero attached hydrogens (tertiary/aromatic N) is 2. The minimum Gasteiger partial charge on any atom is -0.376 e. The lowest BCUT2D eigenvalue weighted by molar-refractivity contribution is 0.114. The number of hydrogen-bond acceptors (Lipinski definition) is 3. The van der Waals surface area contributed by atoms with E-state index in [9.17, 15) is 0 Å². The van der Waals surface area contributed by atoms with Gasteiger partial charge in [0.05, 0.1) is 6.10 Å². The summed E-state index contributed by atoms with van der Waals surface area (Å²) < 4.78 is 5.61. The van der Waals surface area contributed by atoms with Crippen LogP contribution in [0.5, 0.6) is 0 Å². The van der Waals surface area contributed by atoms with Crippen LogP contribution in [0, 0.1) is 0 Å². The Balaban J connectivity index is 0.00000264. The number of aliphatic imine (C=N–C) groups is 1. The molecule has 6 heteroatoms. The van der Waals surface area contributed by atoms with E-state index in [2.05, 4.69) is 58.9 Å². The molecule has 0 spiro atoms. The summed E-state index contributed by atoms with van der Waals surface area (Å²) >= 11 is 0. The van der Waals surface area contributed by atoms with E-state index in [1.54, 1.807) is 7.05 Å². The Kier molecular flexibility index (Phi) is 9.50. The number of benzene rings is 1. The van der Waals surface area contributed by atoms with Gasteiger partial charge in [-0.1, -0.05) is 24.3 Å². The van der Waals surface area contributed by atoms with Crippen molar-refractivity contribution >= 4 is 29.9 Å². The number of rotatable bonds is 6. The Hall–Kier alpha value is -0.860. The average molecular weight is 432 g/mol. The van der Waals surface area contributed by atoms with Crippen LogP contribution in [0.1, 0.15) is 24.0 Å². The molecule has 1 aromatic rings. The Bertz CT molecular complexity index is 487. The van der Waals surface area contributed by atoms with Gasteiger partial charge in [0.15, 0.2) is 5.96 Å². The van der Waals surface area contributed by atoms with Crippen molar-refractivity contribution in [2.45, 2.75) is 32.0 Å². The molecule has 1 unspecified atom stereocenters. The maximum Gasteiger partial charge on any atom is 0.191 e. The number of hydrogen-bond donors (Lipinski definition) is 2. The fourth-order valence-electron chi connectivity index (χ4n) is 2.63. The van der Waals surface area contributed by atoms with Gasteiger partial charge in [0.1, 0.15) is 0 Å². The highest BCUT2D eigenvalue weighted by molar-refractivity contribution is 14.0. The molecule has 0 bridgehead atoms. The SMILES string of the molecule is CN=C(NCc1cccc(CN(C)C)c1)NCC1CCCO1.I. The molecular weight excluding hydrogens is 403 g/mol. The van der Waals surface area contributed by atoms with Crippen LogP contribution in [0.3, 0.4) is 0 Å². The molecule has 0 amide bonds. The topological polar surface area (TPSA) is 48.9 Å². The van der Waals surface area contributed by atoms with Gasteiger partial charge in [0.2, 0.25) is 0 Å². The zero-order valence-corrected chi connectivity index (χ0v) is 16.7. The molecule has 0 radical (unpaired) electrons. The molecule has 0 aliphatic carbocycles. The first-order chi connectivity index (χ1) is 10.7. The standard InChI is InChI=1S/C17H28N4O.HI/c1-18-17(20-12-16-8-5-9-22-16)19-11-14-6-4-7-15(10-14)13-21(2)3;/h4,6-7,10,16H,5,8-9,11-13H2,1-3H3,(H2,18,19,20);1H.